The molecule has 3 heteroatoms. The fourth-order valence-electron chi connectivity index (χ4n) is 1.46. The molecule has 14 heavy (non-hydrogen) atoms. The number of nitrogens with one attached hydrogen (secondary N) is 1. The van der Waals surface area contributed by atoms with E-state index in [9.17, 15) is 0 Å². The number of ether oxygens (including phenoxy) is 1. The average Bonchev–Trinajstić information content (AvgIpc) is 2.60. The van der Waals surface area contributed by atoms with Gasteiger partial charge in [0.05, 0.1) is 25.5 Å². The Labute approximate surface area is 84.4 Å². The Morgan fingerprint density at radius 3 is 3.07 bits per heavy atom. The lowest BCUT2D eigenvalue weighted by molar-refractivity contribution is 0.00410. The zero-order valence-corrected chi connectivity index (χ0v) is 8.37. The highest BCUT2D eigenvalue weighted by Gasteiger charge is 2.16. The Hall–Kier alpha value is -0.800. The summed E-state index contributed by atoms with van der Waals surface area (Å²) in [6.07, 6.45) is 6.07. The third kappa shape index (κ3) is 2.86. The Morgan fingerprint density at radius 1 is 1.50 bits per heavy atom. The van der Waals surface area contributed by atoms with Gasteiger partial charge in [-0.1, -0.05) is 0 Å². The first-order chi connectivity index (χ1) is 6.95. The summed E-state index contributed by atoms with van der Waals surface area (Å²) in [5.41, 5.74) is 0. The van der Waals surface area contributed by atoms with E-state index in [0.717, 1.165) is 25.5 Å². The molecule has 1 aliphatic rings. The summed E-state index contributed by atoms with van der Waals surface area (Å²) < 4.78 is 10.8. The fraction of sp³-hybridized carbons (Fsp3) is 0.636. The molecule has 0 unspecified atom stereocenters. The molecule has 1 N–H and O–H groups in total. The molecule has 1 aromatic heterocycles. The van der Waals surface area contributed by atoms with Crippen molar-refractivity contribution in [2.45, 2.75) is 31.9 Å². The second kappa shape index (κ2) is 5.17. The Bertz CT molecular complexity index is 242. The predicted octanol–water partition coefficient (Wildman–Crippen LogP) is 1.94. The van der Waals surface area contributed by atoms with E-state index < -0.39 is 0 Å². The van der Waals surface area contributed by atoms with Crippen molar-refractivity contribution in [2.75, 3.05) is 13.2 Å². The first-order valence-electron chi connectivity index (χ1n) is 5.30. The summed E-state index contributed by atoms with van der Waals surface area (Å²) in [6, 6.07) is 3.88. The van der Waals surface area contributed by atoms with Gasteiger partial charge in [-0.05, 0) is 31.4 Å². The second-order valence-corrected chi connectivity index (χ2v) is 3.68. The molecule has 2 rings (SSSR count). The Morgan fingerprint density at radius 2 is 2.43 bits per heavy atom. The van der Waals surface area contributed by atoms with Crippen LogP contribution in [0.3, 0.4) is 0 Å². The van der Waals surface area contributed by atoms with Crippen molar-refractivity contribution in [3.8, 4) is 0 Å². The largest absolute Gasteiger partial charge is 0.468 e. The van der Waals surface area contributed by atoms with Crippen LogP contribution in [0.2, 0.25) is 0 Å². The maximum Gasteiger partial charge on any atom is 0.117 e. The molecule has 1 aliphatic carbocycles. The maximum absolute atomic E-state index is 5.60. The molecule has 0 aromatic carbocycles. The quantitative estimate of drug-likeness (QED) is 0.704. The number of furan rings is 1. The standard InChI is InChI=1S/C11H17NO2/c1-3-10(4-1)14-8-6-12-9-11-5-2-7-13-11/h2,5,7,10,12H,1,3-4,6,8-9H2. The van der Waals surface area contributed by atoms with E-state index in [-0.39, 0.29) is 0 Å². The molecule has 3 nitrogen and oxygen atoms in total. The molecule has 0 atom stereocenters. The van der Waals surface area contributed by atoms with Gasteiger partial charge in [-0.3, -0.25) is 0 Å². The number of hydrogen-bond donors (Lipinski definition) is 1. The van der Waals surface area contributed by atoms with Crippen LogP contribution >= 0.6 is 0 Å². The van der Waals surface area contributed by atoms with Crippen LogP contribution in [-0.4, -0.2) is 19.3 Å². The molecule has 0 bridgehead atoms. The van der Waals surface area contributed by atoms with Gasteiger partial charge in [0, 0.05) is 6.54 Å². The van der Waals surface area contributed by atoms with Crippen LogP contribution in [0.25, 0.3) is 0 Å². The van der Waals surface area contributed by atoms with E-state index >= 15 is 0 Å². The summed E-state index contributed by atoms with van der Waals surface area (Å²) >= 11 is 0. The van der Waals surface area contributed by atoms with Crippen LogP contribution in [0.5, 0.6) is 0 Å². The van der Waals surface area contributed by atoms with Gasteiger partial charge in [0.25, 0.3) is 0 Å². The lowest BCUT2D eigenvalue weighted by Gasteiger charge is -2.25. The van der Waals surface area contributed by atoms with E-state index in [4.69, 9.17) is 9.15 Å². The van der Waals surface area contributed by atoms with Crippen molar-refractivity contribution in [3.63, 3.8) is 0 Å². The zero-order valence-electron chi connectivity index (χ0n) is 8.37. The average molecular weight is 195 g/mol. The first-order valence-corrected chi connectivity index (χ1v) is 5.30. The second-order valence-electron chi connectivity index (χ2n) is 3.68. The normalized spacial score (nSPS) is 16.9. The monoisotopic (exact) mass is 195 g/mol. The van der Waals surface area contributed by atoms with Crippen molar-refractivity contribution in [1.29, 1.82) is 0 Å². The Kier molecular flexibility index (Phi) is 3.60. The van der Waals surface area contributed by atoms with Crippen molar-refractivity contribution in [1.82, 2.24) is 5.32 Å². The van der Waals surface area contributed by atoms with Gasteiger partial charge < -0.3 is 14.5 Å². The van der Waals surface area contributed by atoms with E-state index in [2.05, 4.69) is 5.32 Å². The van der Waals surface area contributed by atoms with E-state index in [1.165, 1.54) is 19.3 Å². The van der Waals surface area contributed by atoms with Crippen molar-refractivity contribution < 1.29 is 9.15 Å². The minimum atomic E-state index is 0.542. The van der Waals surface area contributed by atoms with Crippen LogP contribution in [0.1, 0.15) is 25.0 Å². The number of hydrogen-bond acceptors (Lipinski definition) is 3. The highest BCUT2D eigenvalue weighted by molar-refractivity contribution is 4.97. The molecular formula is C11H17NO2. The summed E-state index contributed by atoms with van der Waals surface area (Å²) in [5.74, 6) is 0.980. The SMILES string of the molecule is c1coc(CNCCOC2CCC2)c1. The van der Waals surface area contributed by atoms with Crippen LogP contribution in [-0.2, 0) is 11.3 Å². The molecule has 0 amide bonds. The van der Waals surface area contributed by atoms with Gasteiger partial charge in [0.2, 0.25) is 0 Å². The van der Waals surface area contributed by atoms with Gasteiger partial charge in [0.1, 0.15) is 5.76 Å². The molecule has 1 saturated carbocycles. The smallest absolute Gasteiger partial charge is 0.117 e. The lowest BCUT2D eigenvalue weighted by Crippen LogP contribution is -2.26. The zero-order chi connectivity index (χ0) is 9.64. The van der Waals surface area contributed by atoms with Crippen molar-refractivity contribution >= 4 is 0 Å². The van der Waals surface area contributed by atoms with Crippen LogP contribution in [0.15, 0.2) is 22.8 Å². The fourth-order valence-corrected chi connectivity index (χ4v) is 1.46. The molecular weight excluding hydrogens is 178 g/mol. The predicted molar refractivity (Wildman–Crippen MR) is 54.0 cm³/mol. The molecule has 1 fully saturated rings. The summed E-state index contributed by atoms with van der Waals surface area (Å²) in [7, 11) is 0. The summed E-state index contributed by atoms with van der Waals surface area (Å²) in [4.78, 5) is 0. The highest BCUT2D eigenvalue weighted by atomic mass is 16.5. The summed E-state index contributed by atoms with van der Waals surface area (Å²) in [6.45, 7) is 2.50. The molecule has 0 aliphatic heterocycles. The third-order valence-electron chi connectivity index (χ3n) is 2.56. The van der Waals surface area contributed by atoms with Crippen LogP contribution < -0.4 is 5.32 Å². The lowest BCUT2D eigenvalue weighted by atomic mass is 9.96. The van der Waals surface area contributed by atoms with E-state index in [1.807, 2.05) is 12.1 Å². The molecule has 1 heterocycles. The molecule has 0 saturated heterocycles. The van der Waals surface area contributed by atoms with Gasteiger partial charge >= 0.3 is 0 Å². The minimum absolute atomic E-state index is 0.542. The van der Waals surface area contributed by atoms with Crippen LogP contribution in [0, 0.1) is 0 Å². The maximum atomic E-state index is 5.60. The summed E-state index contributed by atoms with van der Waals surface area (Å²) in [5, 5.41) is 3.27. The third-order valence-corrected chi connectivity index (χ3v) is 2.56. The van der Waals surface area contributed by atoms with Crippen LogP contribution in [0.4, 0.5) is 0 Å². The molecule has 0 radical (unpaired) electrons. The Balaban J connectivity index is 1.47. The highest BCUT2D eigenvalue weighted by Crippen LogP contribution is 2.21. The first kappa shape index (κ1) is 9.74. The number of rotatable bonds is 6. The van der Waals surface area contributed by atoms with E-state index in [1.54, 1.807) is 6.26 Å². The van der Waals surface area contributed by atoms with Crippen molar-refractivity contribution in [3.05, 3.63) is 24.2 Å². The van der Waals surface area contributed by atoms with Crippen molar-refractivity contribution in [2.24, 2.45) is 0 Å². The van der Waals surface area contributed by atoms with Gasteiger partial charge in [0.15, 0.2) is 0 Å². The minimum Gasteiger partial charge on any atom is -0.468 e. The molecule has 0 spiro atoms. The van der Waals surface area contributed by atoms with E-state index in [0.29, 0.717) is 6.10 Å². The topological polar surface area (TPSA) is 34.4 Å². The molecule has 78 valence electrons. The van der Waals surface area contributed by atoms with Gasteiger partial charge in [-0.2, -0.15) is 0 Å². The van der Waals surface area contributed by atoms with Gasteiger partial charge in [-0.25, -0.2) is 0 Å². The van der Waals surface area contributed by atoms with Gasteiger partial charge in [-0.15, -0.1) is 0 Å². The molecule has 1 aromatic rings.